The van der Waals surface area contributed by atoms with Gasteiger partial charge in [-0.15, -0.1) is 0 Å². The molecule has 1 aliphatic carbocycles. The maximum Gasteiger partial charge on any atom is 0.272 e. The van der Waals surface area contributed by atoms with E-state index in [-0.39, 0.29) is 11.9 Å². The molecular weight excluding hydrogens is 266 g/mol. The molecule has 2 N–H and O–H groups in total. The SMILES string of the molecule is CCCc1cc(C(=O)N[C@@H]2CCCc3c2cnn3C)n[nH]1. The van der Waals surface area contributed by atoms with Crippen LogP contribution in [-0.4, -0.2) is 25.9 Å². The van der Waals surface area contributed by atoms with Crippen molar-refractivity contribution in [2.45, 2.75) is 45.1 Å². The third-order valence-corrected chi connectivity index (χ3v) is 4.06. The first-order chi connectivity index (χ1) is 10.2. The molecule has 1 amide bonds. The van der Waals surface area contributed by atoms with E-state index in [2.05, 4.69) is 27.5 Å². The quantitative estimate of drug-likeness (QED) is 0.902. The number of H-pyrrole nitrogens is 1. The largest absolute Gasteiger partial charge is 0.344 e. The predicted molar refractivity (Wildman–Crippen MR) is 78.9 cm³/mol. The number of aromatic amines is 1. The molecular formula is C15H21N5O. The van der Waals surface area contributed by atoms with E-state index >= 15 is 0 Å². The summed E-state index contributed by atoms with van der Waals surface area (Å²) in [7, 11) is 1.95. The van der Waals surface area contributed by atoms with Gasteiger partial charge in [-0.2, -0.15) is 10.2 Å². The normalized spacial score (nSPS) is 17.5. The van der Waals surface area contributed by atoms with Crippen molar-refractivity contribution in [3.05, 3.63) is 34.9 Å². The highest BCUT2D eigenvalue weighted by Gasteiger charge is 2.25. The number of nitrogens with zero attached hydrogens (tertiary/aromatic N) is 3. The molecule has 2 aromatic heterocycles. The van der Waals surface area contributed by atoms with Crippen LogP contribution in [0.15, 0.2) is 12.3 Å². The van der Waals surface area contributed by atoms with Gasteiger partial charge in [0.15, 0.2) is 0 Å². The summed E-state index contributed by atoms with van der Waals surface area (Å²) in [6.07, 6.45) is 6.87. The fraction of sp³-hybridized carbons (Fsp3) is 0.533. The first-order valence-electron chi connectivity index (χ1n) is 7.55. The Morgan fingerprint density at radius 2 is 2.43 bits per heavy atom. The molecule has 6 heteroatoms. The van der Waals surface area contributed by atoms with Gasteiger partial charge in [-0.05, 0) is 31.7 Å². The number of hydrogen-bond acceptors (Lipinski definition) is 3. The van der Waals surface area contributed by atoms with Gasteiger partial charge in [-0.25, -0.2) is 0 Å². The van der Waals surface area contributed by atoms with Crippen molar-refractivity contribution in [2.24, 2.45) is 7.05 Å². The van der Waals surface area contributed by atoms with Crippen molar-refractivity contribution in [2.75, 3.05) is 0 Å². The first-order valence-corrected chi connectivity index (χ1v) is 7.55. The molecule has 0 saturated carbocycles. The van der Waals surface area contributed by atoms with Crippen molar-refractivity contribution >= 4 is 5.91 Å². The lowest BCUT2D eigenvalue weighted by Gasteiger charge is -2.23. The Kier molecular flexibility index (Phi) is 3.77. The highest BCUT2D eigenvalue weighted by atomic mass is 16.2. The van der Waals surface area contributed by atoms with Crippen LogP contribution in [0.3, 0.4) is 0 Å². The number of aromatic nitrogens is 4. The zero-order valence-corrected chi connectivity index (χ0v) is 12.5. The zero-order chi connectivity index (χ0) is 14.8. The number of amides is 1. The van der Waals surface area contributed by atoms with Gasteiger partial charge in [-0.3, -0.25) is 14.6 Å². The summed E-state index contributed by atoms with van der Waals surface area (Å²) in [6, 6.07) is 1.88. The van der Waals surface area contributed by atoms with Crippen LogP contribution in [0.1, 0.15) is 59.7 Å². The second-order valence-electron chi connectivity index (χ2n) is 5.62. The van der Waals surface area contributed by atoms with Gasteiger partial charge in [0.2, 0.25) is 0 Å². The lowest BCUT2D eigenvalue weighted by molar-refractivity contribution is 0.0927. The van der Waals surface area contributed by atoms with Gasteiger partial charge in [0.1, 0.15) is 5.69 Å². The second-order valence-corrected chi connectivity index (χ2v) is 5.62. The molecule has 0 spiro atoms. The van der Waals surface area contributed by atoms with Crippen LogP contribution in [0.2, 0.25) is 0 Å². The first kappa shape index (κ1) is 13.9. The lowest BCUT2D eigenvalue weighted by Crippen LogP contribution is -2.31. The van der Waals surface area contributed by atoms with Crippen molar-refractivity contribution in [1.29, 1.82) is 0 Å². The highest BCUT2D eigenvalue weighted by molar-refractivity contribution is 5.92. The number of fused-ring (bicyclic) bond motifs is 1. The van der Waals surface area contributed by atoms with E-state index in [1.54, 1.807) is 0 Å². The molecule has 0 aliphatic heterocycles. The Hall–Kier alpha value is -2.11. The van der Waals surface area contributed by atoms with Crippen LogP contribution >= 0.6 is 0 Å². The van der Waals surface area contributed by atoms with Crippen LogP contribution in [0, 0.1) is 0 Å². The van der Waals surface area contributed by atoms with E-state index < -0.39 is 0 Å². The minimum absolute atomic E-state index is 0.0428. The molecule has 0 radical (unpaired) electrons. The van der Waals surface area contributed by atoms with E-state index in [0.29, 0.717) is 5.69 Å². The summed E-state index contributed by atoms with van der Waals surface area (Å²) >= 11 is 0. The molecule has 6 nitrogen and oxygen atoms in total. The minimum atomic E-state index is -0.115. The molecule has 3 rings (SSSR count). The number of nitrogens with one attached hydrogen (secondary N) is 2. The van der Waals surface area contributed by atoms with E-state index in [1.165, 1.54) is 5.69 Å². The van der Waals surface area contributed by atoms with Gasteiger partial charge >= 0.3 is 0 Å². The van der Waals surface area contributed by atoms with Crippen LogP contribution in [0.25, 0.3) is 0 Å². The van der Waals surface area contributed by atoms with E-state index in [1.807, 2.05) is 24.0 Å². The maximum absolute atomic E-state index is 12.3. The Labute approximate surface area is 123 Å². The summed E-state index contributed by atoms with van der Waals surface area (Å²) < 4.78 is 1.90. The van der Waals surface area contributed by atoms with Crippen molar-refractivity contribution in [3.8, 4) is 0 Å². The fourth-order valence-electron chi connectivity index (χ4n) is 2.96. The van der Waals surface area contributed by atoms with Gasteiger partial charge in [0.05, 0.1) is 12.2 Å². The number of carbonyl (C=O) groups is 1. The van der Waals surface area contributed by atoms with Crippen LogP contribution in [0.5, 0.6) is 0 Å². The summed E-state index contributed by atoms with van der Waals surface area (Å²) in [5.74, 6) is -0.115. The molecule has 0 bridgehead atoms. The molecule has 0 unspecified atom stereocenters. The highest BCUT2D eigenvalue weighted by Crippen LogP contribution is 2.29. The van der Waals surface area contributed by atoms with E-state index in [0.717, 1.165) is 43.4 Å². The average molecular weight is 287 g/mol. The molecule has 0 fully saturated rings. The number of hydrogen-bond donors (Lipinski definition) is 2. The average Bonchev–Trinajstić information content (AvgIpc) is 3.08. The van der Waals surface area contributed by atoms with E-state index in [4.69, 9.17) is 0 Å². The molecule has 1 atom stereocenters. The van der Waals surface area contributed by atoms with Crippen molar-refractivity contribution in [3.63, 3.8) is 0 Å². The smallest absolute Gasteiger partial charge is 0.272 e. The van der Waals surface area contributed by atoms with Crippen LogP contribution in [0.4, 0.5) is 0 Å². The van der Waals surface area contributed by atoms with Gasteiger partial charge in [0.25, 0.3) is 5.91 Å². The van der Waals surface area contributed by atoms with Crippen LogP contribution < -0.4 is 5.32 Å². The predicted octanol–water partition coefficient (Wildman–Crippen LogP) is 1.90. The third kappa shape index (κ3) is 2.70. The summed E-state index contributed by atoms with van der Waals surface area (Å²) in [6.45, 7) is 2.10. The minimum Gasteiger partial charge on any atom is -0.344 e. The van der Waals surface area contributed by atoms with Gasteiger partial charge < -0.3 is 5.32 Å². The molecule has 112 valence electrons. The number of rotatable bonds is 4. The second kappa shape index (κ2) is 5.71. The monoisotopic (exact) mass is 287 g/mol. The summed E-state index contributed by atoms with van der Waals surface area (Å²) in [5, 5.41) is 14.4. The topological polar surface area (TPSA) is 75.6 Å². The summed E-state index contributed by atoms with van der Waals surface area (Å²) in [5.41, 5.74) is 3.84. The number of aryl methyl sites for hydroxylation is 2. The third-order valence-electron chi connectivity index (χ3n) is 4.06. The fourth-order valence-corrected chi connectivity index (χ4v) is 2.96. The van der Waals surface area contributed by atoms with Crippen molar-refractivity contribution in [1.82, 2.24) is 25.3 Å². The van der Waals surface area contributed by atoms with E-state index in [9.17, 15) is 4.79 Å². The molecule has 0 saturated heterocycles. The molecule has 2 heterocycles. The standard InChI is InChI=1S/C15H21N5O/c1-3-5-10-8-13(19-18-10)15(21)17-12-6-4-7-14-11(12)9-16-20(14)2/h8-9,12H,3-7H2,1-2H3,(H,17,21)(H,18,19)/t12-/m1/s1. The molecule has 0 aromatic carbocycles. The Balaban J connectivity index is 1.73. The Bertz CT molecular complexity index is 642. The molecule has 2 aromatic rings. The Morgan fingerprint density at radius 3 is 3.24 bits per heavy atom. The molecule has 21 heavy (non-hydrogen) atoms. The maximum atomic E-state index is 12.3. The van der Waals surface area contributed by atoms with Gasteiger partial charge in [0, 0.05) is 24.0 Å². The van der Waals surface area contributed by atoms with Crippen LogP contribution in [-0.2, 0) is 19.9 Å². The molecule has 1 aliphatic rings. The number of carbonyl (C=O) groups excluding carboxylic acids is 1. The lowest BCUT2D eigenvalue weighted by atomic mass is 9.93. The Morgan fingerprint density at radius 1 is 1.57 bits per heavy atom. The summed E-state index contributed by atoms with van der Waals surface area (Å²) in [4.78, 5) is 12.3. The van der Waals surface area contributed by atoms with Gasteiger partial charge in [-0.1, -0.05) is 13.3 Å². The van der Waals surface area contributed by atoms with Crippen molar-refractivity contribution < 1.29 is 4.79 Å². The zero-order valence-electron chi connectivity index (χ0n) is 12.5.